The number of hydrogen-bond donors (Lipinski definition) is 1. The molecule has 110 valence electrons. The maximum absolute atomic E-state index is 11.5. The van der Waals surface area contributed by atoms with Crippen molar-refractivity contribution in [1.29, 1.82) is 0 Å². The lowest BCUT2D eigenvalue weighted by Gasteiger charge is -2.33. The van der Waals surface area contributed by atoms with Gasteiger partial charge in [-0.05, 0) is 12.8 Å². The Balaban J connectivity index is 2.54. The molecule has 1 heterocycles. The van der Waals surface area contributed by atoms with E-state index in [0.29, 0.717) is 25.7 Å². The zero-order chi connectivity index (χ0) is 14.3. The van der Waals surface area contributed by atoms with Crippen molar-refractivity contribution in [2.45, 2.75) is 64.4 Å². The molecule has 0 radical (unpaired) electrons. The molecule has 0 bridgehead atoms. The Morgan fingerprint density at radius 1 is 1.11 bits per heavy atom. The molecule has 1 rings (SSSR count). The van der Waals surface area contributed by atoms with Crippen LogP contribution in [0, 0.1) is 0 Å². The second kappa shape index (κ2) is 8.12. The number of aliphatic hydroxyl groups excluding tert-OH is 1. The van der Waals surface area contributed by atoms with E-state index in [9.17, 15) is 14.7 Å². The third-order valence-corrected chi connectivity index (χ3v) is 2.78. The number of aliphatic hydroxyl groups is 1. The molecule has 0 aromatic heterocycles. The lowest BCUT2D eigenvalue weighted by molar-refractivity contribution is -0.218. The summed E-state index contributed by atoms with van der Waals surface area (Å²) in [5, 5.41) is 9.42. The molecule has 1 unspecified atom stereocenters. The van der Waals surface area contributed by atoms with Gasteiger partial charge in [-0.15, -0.1) is 0 Å². The Labute approximate surface area is 113 Å². The van der Waals surface area contributed by atoms with Crippen molar-refractivity contribution in [3.63, 3.8) is 0 Å². The minimum absolute atomic E-state index is 0.0424. The standard InChI is InChI=1S/C13H22O6/c1-3-5-11(14)18-9-7-13(16)17-8-10(9)19-12(15)6-4-2/h9-10,13,16H,3-8H2,1-2H3/t9-,10+,13?/m1/s1. The summed E-state index contributed by atoms with van der Waals surface area (Å²) >= 11 is 0. The fourth-order valence-corrected chi connectivity index (χ4v) is 1.83. The lowest BCUT2D eigenvalue weighted by Crippen LogP contribution is -2.46. The van der Waals surface area contributed by atoms with Crippen molar-refractivity contribution in [3.05, 3.63) is 0 Å². The maximum atomic E-state index is 11.5. The first-order chi connectivity index (χ1) is 9.06. The van der Waals surface area contributed by atoms with E-state index in [1.807, 2.05) is 13.8 Å². The molecular weight excluding hydrogens is 252 g/mol. The molecule has 0 amide bonds. The van der Waals surface area contributed by atoms with Gasteiger partial charge >= 0.3 is 11.9 Å². The van der Waals surface area contributed by atoms with Gasteiger partial charge in [0.1, 0.15) is 6.10 Å². The Morgan fingerprint density at radius 3 is 2.16 bits per heavy atom. The molecule has 6 heteroatoms. The summed E-state index contributed by atoms with van der Waals surface area (Å²) < 4.78 is 15.5. The predicted octanol–water partition coefficient (Wildman–Crippen LogP) is 1.15. The van der Waals surface area contributed by atoms with Crippen LogP contribution in [-0.4, -0.2) is 42.1 Å². The highest BCUT2D eigenvalue weighted by Gasteiger charge is 2.35. The third-order valence-electron chi connectivity index (χ3n) is 2.78. The number of carbonyl (C=O) groups excluding carboxylic acids is 2. The van der Waals surface area contributed by atoms with Gasteiger partial charge in [-0.1, -0.05) is 13.8 Å². The Hall–Kier alpha value is -1.14. The van der Waals surface area contributed by atoms with Gasteiger partial charge in [-0.3, -0.25) is 9.59 Å². The highest BCUT2D eigenvalue weighted by Crippen LogP contribution is 2.20. The van der Waals surface area contributed by atoms with Crippen LogP contribution in [0.5, 0.6) is 0 Å². The molecule has 19 heavy (non-hydrogen) atoms. The number of ether oxygens (including phenoxy) is 3. The summed E-state index contributed by atoms with van der Waals surface area (Å²) in [7, 11) is 0. The molecule has 0 spiro atoms. The highest BCUT2D eigenvalue weighted by molar-refractivity contribution is 5.70. The van der Waals surface area contributed by atoms with Gasteiger partial charge in [-0.2, -0.15) is 0 Å². The van der Waals surface area contributed by atoms with Crippen molar-refractivity contribution >= 4 is 11.9 Å². The largest absolute Gasteiger partial charge is 0.458 e. The van der Waals surface area contributed by atoms with Gasteiger partial charge in [0.25, 0.3) is 0 Å². The molecule has 0 aromatic carbocycles. The third kappa shape index (κ3) is 5.57. The second-order valence-electron chi connectivity index (χ2n) is 4.58. The van der Waals surface area contributed by atoms with Crippen LogP contribution in [0.2, 0.25) is 0 Å². The van der Waals surface area contributed by atoms with Crippen molar-refractivity contribution in [1.82, 2.24) is 0 Å². The minimum atomic E-state index is -0.986. The Morgan fingerprint density at radius 2 is 1.63 bits per heavy atom. The van der Waals surface area contributed by atoms with Crippen LogP contribution < -0.4 is 0 Å². The SMILES string of the molecule is CCCC(=O)O[C@H]1COC(O)C[C@H]1OC(=O)CCC. The van der Waals surface area contributed by atoms with Gasteiger partial charge in [-0.25, -0.2) is 0 Å². The predicted molar refractivity (Wildman–Crippen MR) is 66.2 cm³/mol. The fourth-order valence-electron chi connectivity index (χ4n) is 1.83. The van der Waals surface area contributed by atoms with Crippen molar-refractivity contribution in [2.75, 3.05) is 6.61 Å². The van der Waals surface area contributed by atoms with E-state index in [0.717, 1.165) is 0 Å². The van der Waals surface area contributed by atoms with Crippen LogP contribution in [0.25, 0.3) is 0 Å². The summed E-state index contributed by atoms with van der Waals surface area (Å²) in [6, 6.07) is 0. The number of carbonyl (C=O) groups is 2. The van der Waals surface area contributed by atoms with Gasteiger partial charge < -0.3 is 19.3 Å². The highest BCUT2D eigenvalue weighted by atomic mass is 16.6. The topological polar surface area (TPSA) is 82.1 Å². The Kier molecular flexibility index (Phi) is 6.80. The zero-order valence-electron chi connectivity index (χ0n) is 11.5. The van der Waals surface area contributed by atoms with Gasteiger partial charge in [0.2, 0.25) is 0 Å². The molecule has 3 atom stereocenters. The summed E-state index contributed by atoms with van der Waals surface area (Å²) in [5.74, 6) is -0.692. The molecule has 1 saturated heterocycles. The van der Waals surface area contributed by atoms with E-state index in [1.54, 1.807) is 0 Å². The summed E-state index contributed by atoms with van der Waals surface area (Å²) in [4.78, 5) is 23.0. The van der Waals surface area contributed by atoms with E-state index < -0.39 is 18.5 Å². The van der Waals surface area contributed by atoms with Crippen molar-refractivity contribution in [3.8, 4) is 0 Å². The van der Waals surface area contributed by atoms with Gasteiger partial charge in [0.05, 0.1) is 6.61 Å². The lowest BCUT2D eigenvalue weighted by atomic mass is 10.1. The molecule has 1 N–H and O–H groups in total. The van der Waals surface area contributed by atoms with Gasteiger partial charge in [0, 0.05) is 19.3 Å². The molecule has 1 aliphatic heterocycles. The molecule has 0 saturated carbocycles. The van der Waals surface area contributed by atoms with Crippen LogP contribution in [0.15, 0.2) is 0 Å². The molecule has 1 aliphatic rings. The van der Waals surface area contributed by atoms with E-state index in [4.69, 9.17) is 14.2 Å². The number of esters is 2. The molecule has 0 aromatic rings. The van der Waals surface area contributed by atoms with Crippen LogP contribution >= 0.6 is 0 Å². The zero-order valence-corrected chi connectivity index (χ0v) is 11.5. The molecular formula is C13H22O6. The van der Waals surface area contributed by atoms with E-state index in [1.165, 1.54) is 0 Å². The van der Waals surface area contributed by atoms with Crippen molar-refractivity contribution < 1.29 is 28.9 Å². The van der Waals surface area contributed by atoms with Crippen LogP contribution in [-0.2, 0) is 23.8 Å². The first kappa shape index (κ1) is 15.9. The first-order valence-corrected chi connectivity index (χ1v) is 6.75. The first-order valence-electron chi connectivity index (χ1n) is 6.75. The molecule has 6 nitrogen and oxygen atoms in total. The number of rotatable bonds is 6. The fraction of sp³-hybridized carbons (Fsp3) is 0.846. The number of hydrogen-bond acceptors (Lipinski definition) is 6. The second-order valence-corrected chi connectivity index (χ2v) is 4.58. The van der Waals surface area contributed by atoms with Crippen LogP contribution in [0.4, 0.5) is 0 Å². The summed E-state index contributed by atoms with van der Waals surface area (Å²) in [6.45, 7) is 3.79. The maximum Gasteiger partial charge on any atom is 0.306 e. The van der Waals surface area contributed by atoms with E-state index in [2.05, 4.69) is 0 Å². The molecule has 1 fully saturated rings. The summed E-state index contributed by atoms with van der Waals surface area (Å²) in [6.07, 6.45) is -0.134. The normalized spacial score (nSPS) is 26.8. The van der Waals surface area contributed by atoms with Crippen LogP contribution in [0.3, 0.4) is 0 Å². The summed E-state index contributed by atoms with van der Waals surface area (Å²) in [5.41, 5.74) is 0. The van der Waals surface area contributed by atoms with Gasteiger partial charge in [0.15, 0.2) is 12.4 Å². The van der Waals surface area contributed by atoms with Crippen molar-refractivity contribution in [2.24, 2.45) is 0 Å². The smallest absolute Gasteiger partial charge is 0.306 e. The minimum Gasteiger partial charge on any atom is -0.458 e. The average molecular weight is 274 g/mol. The van der Waals surface area contributed by atoms with E-state index >= 15 is 0 Å². The van der Waals surface area contributed by atoms with E-state index in [-0.39, 0.29) is 25.0 Å². The quantitative estimate of drug-likeness (QED) is 0.732. The molecule has 0 aliphatic carbocycles. The average Bonchev–Trinajstić information content (AvgIpc) is 2.33. The van der Waals surface area contributed by atoms with Crippen LogP contribution in [0.1, 0.15) is 46.0 Å². The monoisotopic (exact) mass is 274 g/mol. The Bertz CT molecular complexity index is 304.